The van der Waals surface area contributed by atoms with E-state index in [-0.39, 0.29) is 12.5 Å². The number of likely N-dealkylation sites (tertiary alicyclic amines) is 1. The summed E-state index contributed by atoms with van der Waals surface area (Å²) in [4.78, 5) is 14.3. The number of carbonyl (C=O) groups excluding carboxylic acids is 1. The van der Waals surface area contributed by atoms with Crippen LogP contribution < -0.4 is 10.1 Å². The molecular formula is C17H25ClN2O2. The average Bonchev–Trinajstić information content (AvgIpc) is 2.55. The van der Waals surface area contributed by atoms with Crippen molar-refractivity contribution in [1.29, 1.82) is 0 Å². The van der Waals surface area contributed by atoms with Gasteiger partial charge in [-0.2, -0.15) is 0 Å². The van der Waals surface area contributed by atoms with Crippen molar-refractivity contribution in [3.63, 3.8) is 0 Å². The SMILES string of the molecule is CCC1CCCCN1CCNC(=O)COc1ccc(Cl)cc1. The molecule has 1 saturated heterocycles. The van der Waals surface area contributed by atoms with Crippen molar-refractivity contribution >= 4 is 17.5 Å². The van der Waals surface area contributed by atoms with Crippen LogP contribution >= 0.6 is 11.6 Å². The highest BCUT2D eigenvalue weighted by Crippen LogP contribution is 2.18. The number of nitrogens with one attached hydrogen (secondary N) is 1. The Morgan fingerprint density at radius 1 is 1.36 bits per heavy atom. The first-order valence-corrected chi connectivity index (χ1v) is 8.46. The first kappa shape index (κ1) is 17.1. The molecule has 0 saturated carbocycles. The van der Waals surface area contributed by atoms with Gasteiger partial charge in [0.05, 0.1) is 0 Å². The molecule has 5 heteroatoms. The molecule has 1 N–H and O–H groups in total. The molecule has 122 valence electrons. The fourth-order valence-corrected chi connectivity index (χ4v) is 3.01. The molecule has 1 fully saturated rings. The Bertz CT molecular complexity index is 464. The van der Waals surface area contributed by atoms with Crippen LogP contribution in [0.3, 0.4) is 0 Å². The van der Waals surface area contributed by atoms with E-state index in [1.54, 1.807) is 24.3 Å². The highest BCUT2D eigenvalue weighted by molar-refractivity contribution is 6.30. The first-order valence-electron chi connectivity index (χ1n) is 8.08. The summed E-state index contributed by atoms with van der Waals surface area (Å²) in [7, 11) is 0. The summed E-state index contributed by atoms with van der Waals surface area (Å²) in [5, 5.41) is 3.58. The number of rotatable bonds is 7. The van der Waals surface area contributed by atoms with Crippen LogP contribution in [0, 0.1) is 0 Å². The predicted octanol–water partition coefficient (Wildman–Crippen LogP) is 3.10. The Hall–Kier alpha value is -1.26. The normalized spacial score (nSPS) is 18.9. The number of nitrogens with zero attached hydrogens (tertiary/aromatic N) is 1. The van der Waals surface area contributed by atoms with Gasteiger partial charge in [-0.05, 0) is 50.1 Å². The lowest BCUT2D eigenvalue weighted by atomic mass is 10.0. The van der Waals surface area contributed by atoms with Crippen molar-refractivity contribution in [3.8, 4) is 5.75 Å². The van der Waals surface area contributed by atoms with Gasteiger partial charge in [0, 0.05) is 24.2 Å². The topological polar surface area (TPSA) is 41.6 Å². The quantitative estimate of drug-likeness (QED) is 0.838. The van der Waals surface area contributed by atoms with Gasteiger partial charge in [-0.1, -0.05) is 24.9 Å². The molecule has 1 aromatic carbocycles. The molecule has 1 unspecified atom stereocenters. The minimum Gasteiger partial charge on any atom is -0.484 e. The summed E-state index contributed by atoms with van der Waals surface area (Å²) in [5.41, 5.74) is 0. The maximum atomic E-state index is 11.8. The van der Waals surface area contributed by atoms with Crippen molar-refractivity contribution < 1.29 is 9.53 Å². The van der Waals surface area contributed by atoms with Crippen LogP contribution in [-0.4, -0.2) is 43.1 Å². The van der Waals surface area contributed by atoms with Crippen molar-refractivity contribution in [2.24, 2.45) is 0 Å². The molecule has 1 aliphatic heterocycles. The molecule has 4 nitrogen and oxygen atoms in total. The molecule has 1 amide bonds. The number of ether oxygens (including phenoxy) is 1. The molecule has 0 spiro atoms. The van der Waals surface area contributed by atoms with E-state index in [9.17, 15) is 4.79 Å². The van der Waals surface area contributed by atoms with Crippen LogP contribution in [0.15, 0.2) is 24.3 Å². The zero-order valence-electron chi connectivity index (χ0n) is 13.2. The summed E-state index contributed by atoms with van der Waals surface area (Å²) < 4.78 is 5.42. The minimum atomic E-state index is -0.0833. The molecule has 0 bridgehead atoms. The van der Waals surface area contributed by atoms with E-state index in [0.29, 0.717) is 23.4 Å². The molecule has 1 aliphatic rings. The summed E-state index contributed by atoms with van der Waals surface area (Å²) in [6.07, 6.45) is 5.07. The highest BCUT2D eigenvalue weighted by Gasteiger charge is 2.20. The van der Waals surface area contributed by atoms with Gasteiger partial charge < -0.3 is 10.1 Å². The number of halogens is 1. The number of piperidine rings is 1. The van der Waals surface area contributed by atoms with E-state index in [1.165, 1.54) is 25.7 Å². The van der Waals surface area contributed by atoms with E-state index < -0.39 is 0 Å². The molecule has 22 heavy (non-hydrogen) atoms. The zero-order valence-corrected chi connectivity index (χ0v) is 13.9. The Balaban J connectivity index is 1.64. The number of hydrogen-bond acceptors (Lipinski definition) is 3. The van der Waals surface area contributed by atoms with Gasteiger partial charge in [-0.3, -0.25) is 9.69 Å². The van der Waals surface area contributed by atoms with E-state index in [2.05, 4.69) is 17.1 Å². The Kier molecular flexibility index (Phi) is 7.00. The third-order valence-corrected chi connectivity index (χ3v) is 4.38. The van der Waals surface area contributed by atoms with Crippen LogP contribution in [0.4, 0.5) is 0 Å². The highest BCUT2D eigenvalue weighted by atomic mass is 35.5. The molecule has 1 aromatic rings. The first-order chi connectivity index (χ1) is 10.7. The van der Waals surface area contributed by atoms with E-state index in [0.717, 1.165) is 13.1 Å². The van der Waals surface area contributed by atoms with Crippen molar-refractivity contribution in [2.75, 3.05) is 26.2 Å². The van der Waals surface area contributed by atoms with Crippen LogP contribution in [-0.2, 0) is 4.79 Å². The Labute approximate surface area is 137 Å². The van der Waals surface area contributed by atoms with Crippen molar-refractivity contribution in [2.45, 2.75) is 38.6 Å². The number of carbonyl (C=O) groups is 1. The molecule has 0 aromatic heterocycles. The van der Waals surface area contributed by atoms with E-state index in [4.69, 9.17) is 16.3 Å². The van der Waals surface area contributed by atoms with Crippen molar-refractivity contribution in [3.05, 3.63) is 29.3 Å². The standard InChI is InChI=1S/C17H25ClN2O2/c1-2-15-5-3-4-11-20(15)12-10-19-17(21)13-22-16-8-6-14(18)7-9-16/h6-9,15H,2-5,10-13H2,1H3,(H,19,21). The fourth-order valence-electron chi connectivity index (χ4n) is 2.89. The minimum absolute atomic E-state index is 0.0405. The second-order valence-corrected chi connectivity index (χ2v) is 6.12. The zero-order chi connectivity index (χ0) is 15.8. The van der Waals surface area contributed by atoms with Gasteiger partial charge in [0.1, 0.15) is 5.75 Å². The maximum Gasteiger partial charge on any atom is 0.257 e. The lowest BCUT2D eigenvalue weighted by Gasteiger charge is -2.35. The number of amides is 1. The monoisotopic (exact) mass is 324 g/mol. The van der Waals surface area contributed by atoms with Gasteiger partial charge in [0.25, 0.3) is 5.91 Å². The smallest absolute Gasteiger partial charge is 0.257 e. The average molecular weight is 325 g/mol. The Morgan fingerprint density at radius 3 is 2.86 bits per heavy atom. The Morgan fingerprint density at radius 2 is 2.14 bits per heavy atom. The second-order valence-electron chi connectivity index (χ2n) is 5.69. The molecule has 0 radical (unpaired) electrons. The molecular weight excluding hydrogens is 300 g/mol. The maximum absolute atomic E-state index is 11.8. The van der Waals surface area contributed by atoms with E-state index in [1.807, 2.05) is 0 Å². The summed E-state index contributed by atoms with van der Waals surface area (Å²) in [6.45, 7) is 5.03. The van der Waals surface area contributed by atoms with Gasteiger partial charge in [0.15, 0.2) is 6.61 Å². The fraction of sp³-hybridized carbons (Fsp3) is 0.588. The summed E-state index contributed by atoms with van der Waals surface area (Å²) in [6, 6.07) is 7.69. The second kappa shape index (κ2) is 9.01. The summed E-state index contributed by atoms with van der Waals surface area (Å²) >= 11 is 5.80. The van der Waals surface area contributed by atoms with Gasteiger partial charge >= 0.3 is 0 Å². The van der Waals surface area contributed by atoms with Crippen LogP contribution in [0.25, 0.3) is 0 Å². The van der Waals surface area contributed by atoms with Gasteiger partial charge in [-0.25, -0.2) is 0 Å². The summed E-state index contributed by atoms with van der Waals surface area (Å²) in [5.74, 6) is 0.571. The number of hydrogen-bond donors (Lipinski definition) is 1. The van der Waals surface area contributed by atoms with Crippen LogP contribution in [0.1, 0.15) is 32.6 Å². The molecule has 1 atom stereocenters. The number of benzene rings is 1. The molecule has 1 heterocycles. The van der Waals surface area contributed by atoms with Gasteiger partial charge in [-0.15, -0.1) is 0 Å². The van der Waals surface area contributed by atoms with Crippen LogP contribution in [0.5, 0.6) is 5.75 Å². The lowest BCUT2D eigenvalue weighted by Crippen LogP contribution is -2.44. The predicted molar refractivity (Wildman–Crippen MR) is 89.5 cm³/mol. The third kappa shape index (κ3) is 5.50. The van der Waals surface area contributed by atoms with Crippen molar-refractivity contribution in [1.82, 2.24) is 10.2 Å². The lowest BCUT2D eigenvalue weighted by molar-refractivity contribution is -0.123. The van der Waals surface area contributed by atoms with Crippen LogP contribution in [0.2, 0.25) is 5.02 Å². The largest absolute Gasteiger partial charge is 0.484 e. The van der Waals surface area contributed by atoms with E-state index >= 15 is 0 Å². The van der Waals surface area contributed by atoms with Gasteiger partial charge in [0.2, 0.25) is 0 Å². The molecule has 0 aliphatic carbocycles. The third-order valence-electron chi connectivity index (χ3n) is 4.13. The molecule has 2 rings (SSSR count).